The van der Waals surface area contributed by atoms with Crippen LogP contribution in [0.3, 0.4) is 0 Å². The Hall–Kier alpha value is -2.20. The van der Waals surface area contributed by atoms with Crippen molar-refractivity contribution in [1.29, 1.82) is 0 Å². The number of hydrogen-bond donors (Lipinski definition) is 1. The molecule has 0 unspecified atom stereocenters. The number of nitrogens with zero attached hydrogens (tertiary/aromatic N) is 1. The average Bonchev–Trinajstić information content (AvgIpc) is 2.89. The van der Waals surface area contributed by atoms with Crippen LogP contribution in [0, 0.1) is 5.92 Å². The molecule has 22 heavy (non-hydrogen) atoms. The third-order valence-electron chi connectivity index (χ3n) is 3.50. The molecule has 1 N–H and O–H groups in total. The lowest BCUT2D eigenvalue weighted by atomic mass is 10.0. The van der Waals surface area contributed by atoms with Crippen molar-refractivity contribution in [3.8, 4) is 0 Å². The van der Waals surface area contributed by atoms with Crippen LogP contribution in [-0.2, 0) is 11.2 Å². The number of rotatable bonds is 5. The molecule has 0 saturated heterocycles. The number of fused-ring (bicyclic) bond motifs is 1. The zero-order chi connectivity index (χ0) is 15.5. The van der Waals surface area contributed by atoms with Crippen LogP contribution in [-0.4, -0.2) is 10.8 Å². The number of thiazole rings is 1. The van der Waals surface area contributed by atoms with Gasteiger partial charge in [-0.05, 0) is 29.8 Å². The molecule has 1 aromatic heterocycles. The fourth-order valence-electron chi connectivity index (χ4n) is 2.18. The summed E-state index contributed by atoms with van der Waals surface area (Å²) in [6.07, 6.45) is 0.493. The largest absolute Gasteiger partial charge is 0.332 e. The highest BCUT2D eigenvalue weighted by Crippen LogP contribution is 2.29. The van der Waals surface area contributed by atoms with Gasteiger partial charge in [-0.2, -0.15) is 0 Å². The zero-order valence-corrected chi connectivity index (χ0v) is 13.5. The lowest BCUT2D eigenvalue weighted by molar-refractivity contribution is -0.121. The summed E-state index contributed by atoms with van der Waals surface area (Å²) in [5.41, 5.74) is 3.04. The van der Waals surface area contributed by atoms with Gasteiger partial charge in [0.15, 0.2) is 5.13 Å². The molecule has 1 heterocycles. The number of aromatic nitrogens is 1. The van der Waals surface area contributed by atoms with E-state index in [1.165, 1.54) is 0 Å². The molecule has 0 spiro atoms. The van der Waals surface area contributed by atoms with Gasteiger partial charge in [0.05, 0.1) is 10.2 Å². The van der Waals surface area contributed by atoms with E-state index in [4.69, 9.17) is 0 Å². The molecule has 0 aliphatic rings. The van der Waals surface area contributed by atoms with Crippen molar-refractivity contribution in [3.05, 3.63) is 54.1 Å². The molecule has 0 radical (unpaired) electrons. The number of Topliss-reactive ketones (excluding diaryl/α,β-unsaturated/α-hetero) is 1. The molecule has 112 valence electrons. The minimum Gasteiger partial charge on any atom is -0.332 e. The second-order valence-electron chi connectivity index (χ2n) is 5.61. The fourth-order valence-corrected chi connectivity index (χ4v) is 3.13. The first kappa shape index (κ1) is 14.7. The van der Waals surface area contributed by atoms with Crippen LogP contribution in [0.15, 0.2) is 48.5 Å². The van der Waals surface area contributed by atoms with Crippen LogP contribution >= 0.6 is 11.3 Å². The maximum absolute atomic E-state index is 11.9. The highest BCUT2D eigenvalue weighted by Gasteiger charge is 2.10. The highest BCUT2D eigenvalue weighted by molar-refractivity contribution is 7.22. The number of para-hydroxylation sites is 1. The van der Waals surface area contributed by atoms with Gasteiger partial charge in [-0.25, -0.2) is 4.98 Å². The number of carbonyl (C=O) groups is 1. The number of hydrogen-bond acceptors (Lipinski definition) is 4. The Morgan fingerprint density at radius 2 is 1.95 bits per heavy atom. The number of ketones is 1. The van der Waals surface area contributed by atoms with Gasteiger partial charge in [-0.3, -0.25) is 4.79 Å². The Labute approximate surface area is 134 Å². The standard InChI is InChI=1S/C18H18N2OS/c1-12(2)16(21)10-13-8-9-15-17(11-13)22-18(20-15)19-14-6-4-3-5-7-14/h3-9,11-12H,10H2,1-2H3,(H,19,20). The van der Waals surface area contributed by atoms with Gasteiger partial charge >= 0.3 is 0 Å². The Balaban J connectivity index is 1.82. The lowest BCUT2D eigenvalue weighted by Crippen LogP contribution is -2.09. The monoisotopic (exact) mass is 310 g/mol. The number of carbonyl (C=O) groups excluding carboxylic acids is 1. The lowest BCUT2D eigenvalue weighted by Gasteiger charge is -2.03. The van der Waals surface area contributed by atoms with E-state index in [2.05, 4.69) is 16.4 Å². The molecule has 0 saturated carbocycles. The predicted octanol–water partition coefficient (Wildman–Crippen LogP) is 4.81. The predicted molar refractivity (Wildman–Crippen MR) is 92.9 cm³/mol. The molecule has 0 atom stereocenters. The molecular weight excluding hydrogens is 292 g/mol. The molecule has 0 fully saturated rings. The summed E-state index contributed by atoms with van der Waals surface area (Å²) < 4.78 is 1.10. The first-order chi connectivity index (χ1) is 10.6. The van der Waals surface area contributed by atoms with E-state index < -0.39 is 0 Å². The molecule has 3 nitrogen and oxygen atoms in total. The molecule has 2 aromatic carbocycles. The summed E-state index contributed by atoms with van der Waals surface area (Å²) in [6, 6.07) is 16.1. The Bertz CT molecular complexity index is 793. The van der Waals surface area contributed by atoms with E-state index in [0.29, 0.717) is 6.42 Å². The molecular formula is C18H18N2OS. The second-order valence-corrected chi connectivity index (χ2v) is 6.64. The third-order valence-corrected chi connectivity index (χ3v) is 4.43. The highest BCUT2D eigenvalue weighted by atomic mass is 32.1. The summed E-state index contributed by atoms with van der Waals surface area (Å²) in [6.45, 7) is 3.88. The molecule has 3 aromatic rings. The van der Waals surface area contributed by atoms with Gasteiger partial charge < -0.3 is 5.32 Å². The Morgan fingerprint density at radius 3 is 2.68 bits per heavy atom. The average molecular weight is 310 g/mol. The van der Waals surface area contributed by atoms with E-state index in [9.17, 15) is 4.79 Å². The van der Waals surface area contributed by atoms with E-state index in [1.807, 2.05) is 56.3 Å². The molecule has 4 heteroatoms. The van der Waals surface area contributed by atoms with E-state index >= 15 is 0 Å². The Kier molecular flexibility index (Phi) is 4.20. The summed E-state index contributed by atoms with van der Waals surface area (Å²) in [5, 5.41) is 4.18. The van der Waals surface area contributed by atoms with Gasteiger partial charge in [0, 0.05) is 18.0 Å². The first-order valence-electron chi connectivity index (χ1n) is 7.36. The maximum atomic E-state index is 11.9. The molecule has 0 amide bonds. The molecule has 0 bridgehead atoms. The molecule has 0 aliphatic carbocycles. The SMILES string of the molecule is CC(C)C(=O)Cc1ccc2nc(Nc3ccccc3)sc2c1. The number of benzene rings is 2. The van der Waals surface area contributed by atoms with Gasteiger partial charge in [0.25, 0.3) is 0 Å². The first-order valence-corrected chi connectivity index (χ1v) is 8.18. The quantitative estimate of drug-likeness (QED) is 0.735. The maximum Gasteiger partial charge on any atom is 0.188 e. The van der Waals surface area contributed by atoms with Gasteiger partial charge in [0.2, 0.25) is 0 Å². The van der Waals surface area contributed by atoms with Gasteiger partial charge in [-0.15, -0.1) is 0 Å². The van der Waals surface area contributed by atoms with Crippen molar-refractivity contribution < 1.29 is 4.79 Å². The van der Waals surface area contributed by atoms with Crippen molar-refractivity contribution in [1.82, 2.24) is 4.98 Å². The van der Waals surface area contributed by atoms with Crippen LogP contribution < -0.4 is 5.32 Å². The van der Waals surface area contributed by atoms with Crippen LogP contribution in [0.1, 0.15) is 19.4 Å². The summed E-state index contributed by atoms with van der Waals surface area (Å²) in [4.78, 5) is 16.5. The second kappa shape index (κ2) is 6.28. The normalized spacial score (nSPS) is 11.0. The van der Waals surface area contributed by atoms with Crippen LogP contribution in [0.25, 0.3) is 10.2 Å². The minimum atomic E-state index is 0.0764. The summed E-state index contributed by atoms with van der Waals surface area (Å²) >= 11 is 1.61. The van der Waals surface area contributed by atoms with E-state index in [1.54, 1.807) is 11.3 Å². The van der Waals surface area contributed by atoms with E-state index in [0.717, 1.165) is 26.6 Å². The van der Waals surface area contributed by atoms with Crippen molar-refractivity contribution in [2.24, 2.45) is 5.92 Å². The van der Waals surface area contributed by atoms with Gasteiger partial charge in [-0.1, -0.05) is 49.4 Å². The smallest absolute Gasteiger partial charge is 0.188 e. The van der Waals surface area contributed by atoms with Crippen molar-refractivity contribution in [2.45, 2.75) is 20.3 Å². The van der Waals surface area contributed by atoms with Gasteiger partial charge in [0.1, 0.15) is 5.78 Å². The van der Waals surface area contributed by atoms with Crippen LogP contribution in [0.5, 0.6) is 0 Å². The van der Waals surface area contributed by atoms with Crippen molar-refractivity contribution in [3.63, 3.8) is 0 Å². The Morgan fingerprint density at radius 1 is 1.18 bits per heavy atom. The van der Waals surface area contributed by atoms with Crippen molar-refractivity contribution >= 4 is 38.2 Å². The third kappa shape index (κ3) is 3.34. The number of anilines is 2. The molecule has 3 rings (SSSR count). The zero-order valence-electron chi connectivity index (χ0n) is 12.7. The van der Waals surface area contributed by atoms with Crippen molar-refractivity contribution in [2.75, 3.05) is 5.32 Å². The van der Waals surface area contributed by atoms with E-state index in [-0.39, 0.29) is 11.7 Å². The summed E-state index contributed by atoms with van der Waals surface area (Å²) in [7, 11) is 0. The molecule has 0 aliphatic heterocycles. The van der Waals surface area contributed by atoms with Crippen LogP contribution in [0.4, 0.5) is 10.8 Å². The number of nitrogens with one attached hydrogen (secondary N) is 1. The fraction of sp³-hybridized carbons (Fsp3) is 0.222. The topological polar surface area (TPSA) is 42.0 Å². The minimum absolute atomic E-state index is 0.0764. The van der Waals surface area contributed by atoms with Crippen LogP contribution in [0.2, 0.25) is 0 Å². The summed E-state index contributed by atoms with van der Waals surface area (Å²) in [5.74, 6) is 0.346.